The molecular weight excluding hydrogens is 330 g/mol. The van der Waals surface area contributed by atoms with E-state index in [1.54, 1.807) is 12.1 Å². The number of nitrogens with zero attached hydrogens (tertiary/aromatic N) is 1. The lowest BCUT2D eigenvalue weighted by atomic mass is 9.94. The fourth-order valence-corrected chi connectivity index (χ4v) is 3.76. The smallest absolute Gasteiger partial charge is 0.261 e. The molecule has 0 bridgehead atoms. The molecule has 3 amide bonds. The molecule has 2 N–H and O–H groups in total. The van der Waals surface area contributed by atoms with Crippen LogP contribution >= 0.6 is 0 Å². The quantitative estimate of drug-likeness (QED) is 0.804. The summed E-state index contributed by atoms with van der Waals surface area (Å²) in [5.41, 5.74) is 1.11. The Morgan fingerprint density at radius 3 is 2.42 bits per heavy atom. The molecule has 134 valence electrons. The predicted molar refractivity (Wildman–Crippen MR) is 98.0 cm³/mol. The van der Waals surface area contributed by atoms with Gasteiger partial charge in [-0.05, 0) is 36.9 Å². The van der Waals surface area contributed by atoms with Gasteiger partial charge in [0.1, 0.15) is 0 Å². The summed E-state index contributed by atoms with van der Waals surface area (Å²) in [4.78, 5) is 38.8. The summed E-state index contributed by atoms with van der Waals surface area (Å²) in [6.07, 6.45) is 1.70. The lowest BCUT2D eigenvalue weighted by Gasteiger charge is -2.27. The van der Waals surface area contributed by atoms with Gasteiger partial charge in [-0.1, -0.05) is 24.3 Å². The highest BCUT2D eigenvalue weighted by molar-refractivity contribution is 6.25. The average molecular weight is 351 g/mol. The van der Waals surface area contributed by atoms with Crippen molar-refractivity contribution in [2.45, 2.75) is 25.3 Å². The van der Waals surface area contributed by atoms with E-state index >= 15 is 0 Å². The van der Waals surface area contributed by atoms with Crippen LogP contribution in [0.5, 0.6) is 0 Å². The van der Waals surface area contributed by atoms with Crippen molar-refractivity contribution in [2.24, 2.45) is 0 Å². The molecule has 4 rings (SSSR count). The minimum atomic E-state index is -0.278. The molecule has 1 saturated heterocycles. The molecule has 2 heterocycles. The zero-order valence-electron chi connectivity index (χ0n) is 14.5. The largest absolute Gasteiger partial charge is 0.352 e. The first-order valence-corrected chi connectivity index (χ1v) is 9.03. The van der Waals surface area contributed by atoms with Crippen LogP contribution in [0.4, 0.5) is 0 Å². The normalized spacial score (nSPS) is 19.2. The zero-order valence-corrected chi connectivity index (χ0v) is 14.5. The summed E-state index contributed by atoms with van der Waals surface area (Å²) in [5, 5.41) is 7.81. The Bertz CT molecular complexity index is 836. The zero-order chi connectivity index (χ0) is 18.1. The van der Waals surface area contributed by atoms with Gasteiger partial charge in [0, 0.05) is 42.1 Å². The molecule has 2 aliphatic heterocycles. The standard InChI is InChI=1S/C20H21N3O3/c24-17(22-14-9-10-21-12-14)8-3-11-23-19(25)15-6-1-4-13-5-2-7-16(18(13)15)20(23)26/h1-2,4-7,14,21H,3,8-12H2,(H,22,24). The maximum absolute atomic E-state index is 12.8. The highest BCUT2D eigenvalue weighted by Gasteiger charge is 2.32. The summed E-state index contributed by atoms with van der Waals surface area (Å²) in [6.45, 7) is 1.97. The summed E-state index contributed by atoms with van der Waals surface area (Å²) < 4.78 is 0. The molecule has 1 fully saturated rings. The molecule has 0 aromatic heterocycles. The van der Waals surface area contributed by atoms with E-state index in [0.717, 1.165) is 30.3 Å². The van der Waals surface area contributed by atoms with Crippen LogP contribution in [0, 0.1) is 0 Å². The van der Waals surface area contributed by atoms with Crippen LogP contribution in [0.15, 0.2) is 36.4 Å². The lowest BCUT2D eigenvalue weighted by molar-refractivity contribution is -0.121. The Hall–Kier alpha value is -2.73. The molecule has 0 aliphatic carbocycles. The van der Waals surface area contributed by atoms with Gasteiger partial charge in [0.05, 0.1) is 0 Å². The highest BCUT2D eigenvalue weighted by atomic mass is 16.2. The fraction of sp³-hybridized carbons (Fsp3) is 0.350. The second-order valence-corrected chi connectivity index (χ2v) is 6.83. The van der Waals surface area contributed by atoms with Gasteiger partial charge in [0.15, 0.2) is 0 Å². The molecule has 6 nitrogen and oxygen atoms in total. The monoisotopic (exact) mass is 351 g/mol. The number of nitrogens with one attached hydrogen (secondary N) is 2. The van der Waals surface area contributed by atoms with Gasteiger partial charge in [0.25, 0.3) is 11.8 Å². The van der Waals surface area contributed by atoms with Gasteiger partial charge in [-0.3, -0.25) is 19.3 Å². The van der Waals surface area contributed by atoms with E-state index in [0.29, 0.717) is 24.0 Å². The molecule has 0 radical (unpaired) electrons. The Balaban J connectivity index is 1.44. The molecule has 6 heteroatoms. The first-order valence-electron chi connectivity index (χ1n) is 9.03. The summed E-state index contributed by atoms with van der Waals surface area (Å²) in [6, 6.07) is 11.2. The number of imide groups is 1. The number of amides is 3. The van der Waals surface area contributed by atoms with Crippen LogP contribution in [0.1, 0.15) is 40.0 Å². The Labute approximate surface area is 151 Å². The first kappa shape index (κ1) is 16.7. The van der Waals surface area contributed by atoms with Gasteiger partial charge in [-0.25, -0.2) is 0 Å². The molecule has 26 heavy (non-hydrogen) atoms. The highest BCUT2D eigenvalue weighted by Crippen LogP contribution is 2.29. The average Bonchev–Trinajstić information content (AvgIpc) is 3.15. The van der Waals surface area contributed by atoms with Crippen molar-refractivity contribution in [3.8, 4) is 0 Å². The molecule has 1 unspecified atom stereocenters. The van der Waals surface area contributed by atoms with Crippen molar-refractivity contribution >= 4 is 28.5 Å². The van der Waals surface area contributed by atoms with E-state index < -0.39 is 0 Å². The molecule has 2 aromatic rings. The second kappa shape index (κ2) is 6.88. The summed E-state index contributed by atoms with van der Waals surface area (Å²) in [5.74, 6) is -0.586. The molecule has 0 saturated carbocycles. The van der Waals surface area contributed by atoms with E-state index in [1.807, 2.05) is 24.3 Å². The number of carbonyl (C=O) groups excluding carboxylic acids is 3. The van der Waals surface area contributed by atoms with E-state index in [9.17, 15) is 14.4 Å². The third kappa shape index (κ3) is 2.97. The fourth-order valence-electron chi connectivity index (χ4n) is 3.76. The number of benzene rings is 2. The maximum atomic E-state index is 12.8. The Morgan fingerprint density at radius 2 is 1.81 bits per heavy atom. The summed E-state index contributed by atoms with van der Waals surface area (Å²) >= 11 is 0. The van der Waals surface area contributed by atoms with Crippen LogP contribution < -0.4 is 10.6 Å². The van der Waals surface area contributed by atoms with Crippen molar-refractivity contribution < 1.29 is 14.4 Å². The molecule has 0 spiro atoms. The minimum absolute atomic E-state index is 0.0295. The Morgan fingerprint density at radius 1 is 1.12 bits per heavy atom. The van der Waals surface area contributed by atoms with Gasteiger partial charge in [-0.2, -0.15) is 0 Å². The van der Waals surface area contributed by atoms with Crippen LogP contribution in [-0.2, 0) is 4.79 Å². The van der Waals surface area contributed by atoms with E-state index in [-0.39, 0.29) is 30.3 Å². The van der Waals surface area contributed by atoms with Crippen LogP contribution in [0.25, 0.3) is 10.8 Å². The molecule has 2 aliphatic rings. The van der Waals surface area contributed by atoms with Crippen molar-refractivity contribution in [3.63, 3.8) is 0 Å². The molecular formula is C20H21N3O3. The van der Waals surface area contributed by atoms with Crippen LogP contribution in [-0.4, -0.2) is 48.3 Å². The topological polar surface area (TPSA) is 78.5 Å². The third-order valence-electron chi connectivity index (χ3n) is 5.07. The van der Waals surface area contributed by atoms with Gasteiger partial charge >= 0.3 is 0 Å². The van der Waals surface area contributed by atoms with Gasteiger partial charge in [-0.15, -0.1) is 0 Å². The molecule has 2 aromatic carbocycles. The minimum Gasteiger partial charge on any atom is -0.352 e. The predicted octanol–water partition coefficient (Wildman–Crippen LogP) is 1.69. The number of carbonyl (C=O) groups is 3. The van der Waals surface area contributed by atoms with E-state index in [1.165, 1.54) is 4.90 Å². The second-order valence-electron chi connectivity index (χ2n) is 6.83. The van der Waals surface area contributed by atoms with Crippen LogP contribution in [0.2, 0.25) is 0 Å². The van der Waals surface area contributed by atoms with Gasteiger partial charge in [0.2, 0.25) is 5.91 Å². The third-order valence-corrected chi connectivity index (χ3v) is 5.07. The van der Waals surface area contributed by atoms with Crippen molar-refractivity contribution in [3.05, 3.63) is 47.5 Å². The Kier molecular flexibility index (Phi) is 4.42. The van der Waals surface area contributed by atoms with E-state index in [2.05, 4.69) is 10.6 Å². The van der Waals surface area contributed by atoms with E-state index in [4.69, 9.17) is 0 Å². The first-order chi connectivity index (χ1) is 12.6. The summed E-state index contributed by atoms with van der Waals surface area (Å²) in [7, 11) is 0. The molecule has 1 atom stereocenters. The van der Waals surface area contributed by atoms with Crippen molar-refractivity contribution in [1.82, 2.24) is 15.5 Å². The number of hydrogen-bond acceptors (Lipinski definition) is 4. The number of hydrogen-bond donors (Lipinski definition) is 2. The SMILES string of the molecule is O=C(CCCN1C(=O)c2cccc3cccc(c23)C1=O)NC1CCNC1. The van der Waals surface area contributed by atoms with Gasteiger partial charge < -0.3 is 10.6 Å². The van der Waals surface area contributed by atoms with Crippen LogP contribution in [0.3, 0.4) is 0 Å². The number of rotatable bonds is 5. The maximum Gasteiger partial charge on any atom is 0.261 e. The van der Waals surface area contributed by atoms with Crippen molar-refractivity contribution in [1.29, 1.82) is 0 Å². The van der Waals surface area contributed by atoms with Crippen molar-refractivity contribution in [2.75, 3.05) is 19.6 Å². The lowest BCUT2D eigenvalue weighted by Crippen LogP contribution is -2.41.